The lowest BCUT2D eigenvalue weighted by molar-refractivity contribution is 0.183. The Morgan fingerprint density at radius 2 is 1.40 bits per heavy atom. The van der Waals surface area contributed by atoms with Gasteiger partial charge in [-0.25, -0.2) is 4.39 Å². The molecule has 3 heterocycles. The Hall–Kier alpha value is -3.51. The van der Waals surface area contributed by atoms with Gasteiger partial charge in [0.2, 0.25) is 0 Å². The van der Waals surface area contributed by atoms with Crippen molar-refractivity contribution in [3.63, 3.8) is 0 Å². The van der Waals surface area contributed by atoms with Gasteiger partial charge in [-0.1, -0.05) is 44.9 Å². The molecule has 0 radical (unpaired) electrons. The van der Waals surface area contributed by atoms with Gasteiger partial charge in [-0.15, -0.1) is 0 Å². The number of rotatable bonds is 4. The highest BCUT2D eigenvalue weighted by molar-refractivity contribution is 6.00. The molecule has 6 heteroatoms. The molecule has 0 aromatic heterocycles. The van der Waals surface area contributed by atoms with Crippen molar-refractivity contribution in [1.82, 2.24) is 4.90 Å². The number of benzene rings is 3. The molecule has 0 spiro atoms. The fraction of sp³-hybridized carbons (Fsp3) is 0.412. The third-order valence-electron chi connectivity index (χ3n) is 7.07. The third kappa shape index (κ3) is 7.36. The second-order valence-electron chi connectivity index (χ2n) is 10.4. The van der Waals surface area contributed by atoms with Gasteiger partial charge < -0.3 is 19.3 Å². The zero-order valence-corrected chi connectivity index (χ0v) is 24.2. The topological polar surface area (TPSA) is 51.2 Å². The van der Waals surface area contributed by atoms with Crippen molar-refractivity contribution >= 4 is 11.1 Å². The van der Waals surface area contributed by atoms with Crippen molar-refractivity contribution in [2.75, 3.05) is 26.2 Å². The maximum atomic E-state index is 13.5. The molecule has 3 aromatic carbocycles. The highest BCUT2D eigenvalue weighted by Gasteiger charge is 2.35. The molecule has 5 nitrogen and oxygen atoms in total. The van der Waals surface area contributed by atoms with Gasteiger partial charge in [0.25, 0.3) is 0 Å². The first-order valence-corrected chi connectivity index (χ1v) is 14.5. The van der Waals surface area contributed by atoms with Gasteiger partial charge in [-0.05, 0) is 76.2 Å². The minimum atomic E-state index is -0.315. The van der Waals surface area contributed by atoms with Gasteiger partial charge in [0.05, 0.1) is 0 Å². The van der Waals surface area contributed by atoms with Gasteiger partial charge in [0.15, 0.2) is 0 Å². The van der Waals surface area contributed by atoms with Gasteiger partial charge in [0, 0.05) is 41.0 Å². The number of phenolic OH excluding ortho intramolecular Hbond substituents is 1. The second kappa shape index (κ2) is 14.2. The minimum Gasteiger partial charge on any atom is -0.508 e. The monoisotopic (exact) mass is 547 g/mol. The summed E-state index contributed by atoms with van der Waals surface area (Å²) in [5.74, 6) is 2.03. The molecular formula is C34H42FNO4. The molecule has 1 N–H and O–H groups in total. The molecule has 6 rings (SSSR count). The number of nitrogens with zero attached hydrogens (tertiary/aromatic N) is 1. The van der Waals surface area contributed by atoms with Crippen LogP contribution in [0.2, 0.25) is 0 Å². The lowest BCUT2D eigenvalue weighted by atomic mass is 9.84. The highest BCUT2D eigenvalue weighted by Crippen LogP contribution is 2.48. The Kier molecular flexibility index (Phi) is 10.5. The summed E-state index contributed by atoms with van der Waals surface area (Å²) in [6.07, 6.45) is 4.95. The van der Waals surface area contributed by atoms with E-state index in [-0.39, 0.29) is 23.8 Å². The van der Waals surface area contributed by atoms with E-state index in [1.165, 1.54) is 50.9 Å². The number of ether oxygens (including phenoxy) is 3. The molecule has 1 saturated heterocycles. The normalized spacial score (nSPS) is 19.2. The van der Waals surface area contributed by atoms with Crippen LogP contribution in [0.5, 0.6) is 23.0 Å². The predicted molar refractivity (Wildman–Crippen MR) is 160 cm³/mol. The molecular weight excluding hydrogens is 505 g/mol. The molecule has 3 aliphatic heterocycles. The molecule has 2 atom stereocenters. The summed E-state index contributed by atoms with van der Waals surface area (Å²) < 4.78 is 31.0. The quantitative estimate of drug-likeness (QED) is 0.359. The summed E-state index contributed by atoms with van der Waals surface area (Å²) in [6, 6.07) is 19.7. The molecule has 0 bridgehead atoms. The Morgan fingerprint density at radius 3 is 2.02 bits per heavy atom. The van der Waals surface area contributed by atoms with Gasteiger partial charge in [-0.2, -0.15) is 0 Å². The average molecular weight is 548 g/mol. The fourth-order valence-corrected chi connectivity index (χ4v) is 5.30. The molecule has 0 amide bonds. The van der Waals surface area contributed by atoms with E-state index in [0.717, 1.165) is 41.2 Å². The van der Waals surface area contributed by atoms with Crippen LogP contribution in [0.15, 0.2) is 66.7 Å². The average Bonchev–Trinajstić information content (AvgIpc) is 2.94. The number of aromatic hydroxyl groups is 1. The molecule has 3 aliphatic rings. The molecule has 2 unspecified atom stereocenters. The molecule has 0 saturated carbocycles. The first kappa shape index (κ1) is 29.5. The zero-order chi connectivity index (χ0) is 28.5. The number of likely N-dealkylation sites (tertiary alicyclic amines) is 1. The van der Waals surface area contributed by atoms with Crippen LogP contribution in [-0.4, -0.2) is 48.5 Å². The van der Waals surface area contributed by atoms with Crippen LogP contribution in [0.3, 0.4) is 0 Å². The number of fused-ring (bicyclic) bond motifs is 4. The first-order chi connectivity index (χ1) is 19.4. The van der Waals surface area contributed by atoms with E-state index in [4.69, 9.17) is 14.2 Å². The van der Waals surface area contributed by atoms with Crippen LogP contribution in [0.25, 0.3) is 11.1 Å². The largest absolute Gasteiger partial charge is 0.508 e. The Bertz CT molecular complexity index is 1200. The molecule has 214 valence electrons. The van der Waals surface area contributed by atoms with Crippen LogP contribution in [0.1, 0.15) is 64.5 Å². The maximum absolute atomic E-state index is 13.5. The van der Waals surface area contributed by atoms with Crippen molar-refractivity contribution in [2.24, 2.45) is 0 Å². The Morgan fingerprint density at radius 1 is 0.825 bits per heavy atom. The minimum absolute atomic E-state index is 0.168. The number of para-hydroxylation sites is 1. The van der Waals surface area contributed by atoms with E-state index < -0.39 is 0 Å². The van der Waals surface area contributed by atoms with Crippen molar-refractivity contribution in [3.05, 3.63) is 83.7 Å². The van der Waals surface area contributed by atoms with Crippen molar-refractivity contribution in [3.8, 4) is 23.0 Å². The van der Waals surface area contributed by atoms with Gasteiger partial charge in [0.1, 0.15) is 47.6 Å². The van der Waals surface area contributed by atoms with E-state index in [9.17, 15) is 9.50 Å². The Labute approximate surface area is 238 Å². The van der Waals surface area contributed by atoms with Gasteiger partial charge in [-0.3, -0.25) is 4.90 Å². The van der Waals surface area contributed by atoms with E-state index in [0.29, 0.717) is 11.5 Å². The molecule has 1 fully saturated rings. The van der Waals surface area contributed by atoms with E-state index in [1.807, 2.05) is 50.2 Å². The van der Waals surface area contributed by atoms with Crippen LogP contribution in [0.4, 0.5) is 4.39 Å². The first-order valence-electron chi connectivity index (χ1n) is 14.5. The van der Waals surface area contributed by atoms with Crippen LogP contribution in [-0.2, 0) is 0 Å². The zero-order valence-electron chi connectivity index (χ0n) is 24.2. The highest BCUT2D eigenvalue weighted by atomic mass is 19.1. The number of hydrogen-bond donors (Lipinski definition) is 1. The smallest absolute Gasteiger partial charge is 0.131 e. The van der Waals surface area contributed by atoms with Crippen LogP contribution in [0, 0.1) is 5.82 Å². The molecule has 3 aromatic rings. The van der Waals surface area contributed by atoms with Crippen LogP contribution >= 0.6 is 0 Å². The van der Waals surface area contributed by atoms with Crippen molar-refractivity contribution in [2.45, 2.75) is 65.6 Å². The summed E-state index contributed by atoms with van der Waals surface area (Å²) in [5.41, 5.74) is 3.83. The van der Waals surface area contributed by atoms with Crippen LogP contribution < -0.4 is 14.2 Å². The predicted octanol–water partition coefficient (Wildman–Crippen LogP) is 7.97. The summed E-state index contributed by atoms with van der Waals surface area (Å²) in [7, 11) is 0. The summed E-state index contributed by atoms with van der Waals surface area (Å²) in [5, 5.41) is 9.66. The Balaban J connectivity index is 0.000000179. The SMILES string of the molecule is CC1Oc2cc(F)ccc2C2=C1c1ccc(O)cc1OC2C.CCC.c1ccc(OCCN2CCCCC2)cc1. The fourth-order valence-electron chi connectivity index (χ4n) is 5.30. The van der Waals surface area contributed by atoms with Gasteiger partial charge >= 0.3 is 0 Å². The lowest BCUT2D eigenvalue weighted by Crippen LogP contribution is -2.33. The number of halogens is 1. The molecule has 40 heavy (non-hydrogen) atoms. The van der Waals surface area contributed by atoms with E-state index in [2.05, 4.69) is 18.7 Å². The second-order valence-corrected chi connectivity index (χ2v) is 10.4. The maximum Gasteiger partial charge on any atom is 0.131 e. The standard InChI is InChI=1S/C18H15FO3.C13H19NO.C3H8/c1-9-18-14-6-4-12(20)8-16(14)22-10(2)17(18)13-5-3-11(19)7-15(13)21-9;1-3-7-13(8-4-1)15-12-11-14-9-5-2-6-10-14;1-3-2/h3-10,20H,1-2H3;1,3-4,7-8H,2,5-6,9-12H2;3H2,1-2H3. The number of piperidine rings is 1. The van der Waals surface area contributed by atoms with Crippen molar-refractivity contribution < 1.29 is 23.7 Å². The summed E-state index contributed by atoms with van der Waals surface area (Å²) in [4.78, 5) is 2.49. The number of phenols is 1. The summed E-state index contributed by atoms with van der Waals surface area (Å²) >= 11 is 0. The van der Waals surface area contributed by atoms with E-state index >= 15 is 0 Å². The van der Waals surface area contributed by atoms with E-state index in [1.54, 1.807) is 18.2 Å². The summed E-state index contributed by atoms with van der Waals surface area (Å²) in [6.45, 7) is 12.5. The lowest BCUT2D eigenvalue weighted by Gasteiger charge is -2.36. The third-order valence-corrected chi connectivity index (χ3v) is 7.07. The number of hydrogen-bond acceptors (Lipinski definition) is 5. The van der Waals surface area contributed by atoms with Crippen molar-refractivity contribution in [1.29, 1.82) is 0 Å². The molecule has 0 aliphatic carbocycles.